The third-order valence-corrected chi connectivity index (χ3v) is 2.36. The standard InChI is InChI=1S/C9H20N2O/c1-4-11-5-8(9(12)6-11)10-7(2)3/h7-10,12H,4-6H2,1-3H3/t8-,9-/m0/s1. The van der Waals surface area contributed by atoms with Gasteiger partial charge in [0.15, 0.2) is 0 Å². The molecule has 0 unspecified atom stereocenters. The van der Waals surface area contributed by atoms with Crippen LogP contribution in [0.5, 0.6) is 0 Å². The van der Waals surface area contributed by atoms with Gasteiger partial charge in [0.05, 0.1) is 6.10 Å². The molecule has 0 spiro atoms. The van der Waals surface area contributed by atoms with Crippen LogP contribution in [0.3, 0.4) is 0 Å². The van der Waals surface area contributed by atoms with Gasteiger partial charge in [0, 0.05) is 25.2 Å². The molecule has 72 valence electrons. The van der Waals surface area contributed by atoms with E-state index in [4.69, 9.17) is 0 Å². The van der Waals surface area contributed by atoms with E-state index in [-0.39, 0.29) is 12.1 Å². The summed E-state index contributed by atoms with van der Waals surface area (Å²) in [5, 5.41) is 13.0. The van der Waals surface area contributed by atoms with E-state index in [0.29, 0.717) is 6.04 Å². The Morgan fingerprint density at radius 1 is 1.50 bits per heavy atom. The Morgan fingerprint density at radius 3 is 2.58 bits per heavy atom. The molecule has 0 aromatic carbocycles. The SMILES string of the molecule is CCN1C[C@H](NC(C)C)[C@@H](O)C1. The third kappa shape index (κ3) is 2.44. The van der Waals surface area contributed by atoms with E-state index in [1.54, 1.807) is 0 Å². The summed E-state index contributed by atoms with van der Waals surface area (Å²) in [5.41, 5.74) is 0. The average Bonchev–Trinajstić information content (AvgIpc) is 2.31. The first-order chi connectivity index (χ1) is 5.63. The predicted molar refractivity (Wildman–Crippen MR) is 50.2 cm³/mol. The van der Waals surface area contributed by atoms with E-state index < -0.39 is 0 Å². The first kappa shape index (κ1) is 9.96. The van der Waals surface area contributed by atoms with Crippen LogP contribution in [0, 0.1) is 0 Å². The van der Waals surface area contributed by atoms with Crippen LogP contribution in [-0.2, 0) is 0 Å². The Balaban J connectivity index is 2.35. The van der Waals surface area contributed by atoms with E-state index in [0.717, 1.165) is 19.6 Å². The normalized spacial score (nSPS) is 31.8. The molecule has 1 aliphatic rings. The monoisotopic (exact) mass is 172 g/mol. The lowest BCUT2D eigenvalue weighted by Gasteiger charge is -2.18. The Hall–Kier alpha value is -0.120. The number of likely N-dealkylation sites (tertiary alicyclic amines) is 1. The second-order valence-electron chi connectivity index (χ2n) is 3.85. The Kier molecular flexibility index (Phi) is 3.50. The van der Waals surface area contributed by atoms with Gasteiger partial charge in [-0.15, -0.1) is 0 Å². The minimum Gasteiger partial charge on any atom is -0.390 e. The second kappa shape index (κ2) is 4.21. The third-order valence-electron chi connectivity index (χ3n) is 2.36. The van der Waals surface area contributed by atoms with Gasteiger partial charge in [-0.1, -0.05) is 20.8 Å². The van der Waals surface area contributed by atoms with Crippen LogP contribution in [0.1, 0.15) is 20.8 Å². The van der Waals surface area contributed by atoms with Gasteiger partial charge in [0.2, 0.25) is 0 Å². The van der Waals surface area contributed by atoms with Crippen LogP contribution in [0.4, 0.5) is 0 Å². The van der Waals surface area contributed by atoms with Crippen molar-refractivity contribution >= 4 is 0 Å². The summed E-state index contributed by atoms with van der Waals surface area (Å²) >= 11 is 0. The zero-order valence-electron chi connectivity index (χ0n) is 8.25. The summed E-state index contributed by atoms with van der Waals surface area (Å²) in [6, 6.07) is 0.728. The van der Waals surface area contributed by atoms with Crippen molar-refractivity contribution in [3.05, 3.63) is 0 Å². The molecule has 3 nitrogen and oxygen atoms in total. The quantitative estimate of drug-likeness (QED) is 0.631. The Bertz CT molecular complexity index is 138. The highest BCUT2D eigenvalue weighted by molar-refractivity contribution is 4.89. The number of hydrogen-bond acceptors (Lipinski definition) is 3. The number of likely N-dealkylation sites (N-methyl/N-ethyl adjacent to an activating group) is 1. The summed E-state index contributed by atoms with van der Waals surface area (Å²) in [4.78, 5) is 2.27. The summed E-state index contributed by atoms with van der Waals surface area (Å²) in [7, 11) is 0. The molecule has 1 aliphatic heterocycles. The number of aliphatic hydroxyl groups is 1. The van der Waals surface area contributed by atoms with Gasteiger partial charge in [-0.2, -0.15) is 0 Å². The fourth-order valence-corrected chi connectivity index (χ4v) is 1.72. The molecule has 2 N–H and O–H groups in total. The van der Waals surface area contributed by atoms with Crippen LogP contribution in [-0.4, -0.2) is 47.8 Å². The minimum atomic E-state index is -0.188. The second-order valence-corrected chi connectivity index (χ2v) is 3.85. The number of hydrogen-bond donors (Lipinski definition) is 2. The number of nitrogens with zero attached hydrogens (tertiary/aromatic N) is 1. The largest absolute Gasteiger partial charge is 0.390 e. The maximum Gasteiger partial charge on any atom is 0.0832 e. The molecule has 2 atom stereocenters. The van der Waals surface area contributed by atoms with Gasteiger partial charge >= 0.3 is 0 Å². The van der Waals surface area contributed by atoms with Gasteiger partial charge in [-0.3, -0.25) is 4.90 Å². The molecule has 0 aromatic heterocycles. The molecule has 1 saturated heterocycles. The van der Waals surface area contributed by atoms with Crippen molar-refractivity contribution in [3.63, 3.8) is 0 Å². The van der Waals surface area contributed by atoms with Gasteiger partial charge in [-0.25, -0.2) is 0 Å². The van der Waals surface area contributed by atoms with E-state index in [9.17, 15) is 5.11 Å². The molecule has 0 aromatic rings. The molecule has 1 fully saturated rings. The number of aliphatic hydroxyl groups excluding tert-OH is 1. The summed E-state index contributed by atoms with van der Waals surface area (Å²) in [5.74, 6) is 0. The van der Waals surface area contributed by atoms with Crippen molar-refractivity contribution in [3.8, 4) is 0 Å². The van der Waals surface area contributed by atoms with Gasteiger partial charge in [0.1, 0.15) is 0 Å². The maximum atomic E-state index is 9.64. The smallest absolute Gasteiger partial charge is 0.0832 e. The Morgan fingerprint density at radius 2 is 2.17 bits per heavy atom. The average molecular weight is 172 g/mol. The Labute approximate surface area is 74.8 Å². The summed E-state index contributed by atoms with van der Waals surface area (Å²) in [6.07, 6.45) is -0.188. The molecule has 12 heavy (non-hydrogen) atoms. The molecule has 3 heteroatoms. The molecule has 1 rings (SSSR count). The van der Waals surface area contributed by atoms with Crippen molar-refractivity contribution in [2.45, 2.75) is 39.0 Å². The molecule has 0 radical (unpaired) electrons. The summed E-state index contributed by atoms with van der Waals surface area (Å²) in [6.45, 7) is 9.19. The first-order valence-electron chi connectivity index (χ1n) is 4.80. The number of rotatable bonds is 3. The molecular weight excluding hydrogens is 152 g/mol. The zero-order chi connectivity index (χ0) is 9.14. The van der Waals surface area contributed by atoms with Crippen molar-refractivity contribution in [1.29, 1.82) is 0 Å². The van der Waals surface area contributed by atoms with Gasteiger partial charge in [-0.05, 0) is 6.54 Å². The van der Waals surface area contributed by atoms with Crippen molar-refractivity contribution < 1.29 is 5.11 Å². The number of β-amino-alcohol motifs (C(OH)–C–C–N with tert-alkyl or cyclic N) is 1. The molecular formula is C9H20N2O. The van der Waals surface area contributed by atoms with Crippen LogP contribution < -0.4 is 5.32 Å². The van der Waals surface area contributed by atoms with Crippen LogP contribution in [0.15, 0.2) is 0 Å². The van der Waals surface area contributed by atoms with Gasteiger partial charge in [0.25, 0.3) is 0 Å². The lowest BCUT2D eigenvalue weighted by molar-refractivity contribution is 0.151. The van der Waals surface area contributed by atoms with Gasteiger partial charge < -0.3 is 10.4 Å². The van der Waals surface area contributed by atoms with Crippen LogP contribution >= 0.6 is 0 Å². The number of nitrogens with one attached hydrogen (secondary N) is 1. The van der Waals surface area contributed by atoms with Crippen molar-refractivity contribution in [1.82, 2.24) is 10.2 Å². The fourth-order valence-electron chi connectivity index (χ4n) is 1.72. The highest BCUT2D eigenvalue weighted by atomic mass is 16.3. The van der Waals surface area contributed by atoms with E-state index in [1.165, 1.54) is 0 Å². The minimum absolute atomic E-state index is 0.188. The molecule has 0 saturated carbocycles. The predicted octanol–water partition coefficient (Wildman–Crippen LogP) is 0.0494. The molecule has 1 heterocycles. The lowest BCUT2D eigenvalue weighted by atomic mass is 10.2. The van der Waals surface area contributed by atoms with E-state index in [1.807, 2.05) is 0 Å². The lowest BCUT2D eigenvalue weighted by Crippen LogP contribution is -2.42. The highest BCUT2D eigenvalue weighted by Gasteiger charge is 2.30. The topological polar surface area (TPSA) is 35.5 Å². The van der Waals surface area contributed by atoms with Crippen LogP contribution in [0.2, 0.25) is 0 Å². The van der Waals surface area contributed by atoms with Crippen molar-refractivity contribution in [2.24, 2.45) is 0 Å². The summed E-state index contributed by atoms with van der Waals surface area (Å²) < 4.78 is 0. The van der Waals surface area contributed by atoms with E-state index in [2.05, 4.69) is 31.0 Å². The first-order valence-corrected chi connectivity index (χ1v) is 4.80. The highest BCUT2D eigenvalue weighted by Crippen LogP contribution is 2.09. The zero-order valence-corrected chi connectivity index (χ0v) is 8.25. The van der Waals surface area contributed by atoms with Crippen molar-refractivity contribution in [2.75, 3.05) is 19.6 Å². The molecule has 0 bridgehead atoms. The van der Waals surface area contributed by atoms with E-state index >= 15 is 0 Å². The maximum absolute atomic E-state index is 9.64. The molecule has 0 aliphatic carbocycles. The van der Waals surface area contributed by atoms with Crippen LogP contribution in [0.25, 0.3) is 0 Å². The fraction of sp³-hybridized carbons (Fsp3) is 1.00. The molecule has 0 amide bonds.